The quantitative estimate of drug-likeness (QED) is 0.889. The van der Waals surface area contributed by atoms with Gasteiger partial charge in [-0.25, -0.2) is 0 Å². The second kappa shape index (κ2) is 6.53. The third kappa shape index (κ3) is 4.16. The predicted octanol–water partition coefficient (Wildman–Crippen LogP) is 2.80. The van der Waals surface area contributed by atoms with E-state index >= 15 is 0 Å². The van der Waals surface area contributed by atoms with E-state index in [-0.39, 0.29) is 11.8 Å². The van der Waals surface area contributed by atoms with Gasteiger partial charge in [0.1, 0.15) is 6.04 Å². The minimum Gasteiger partial charge on any atom is -0.326 e. The highest BCUT2D eigenvalue weighted by molar-refractivity contribution is 9.10. The van der Waals surface area contributed by atoms with Crippen LogP contribution in [-0.2, 0) is 9.59 Å². The lowest BCUT2D eigenvalue weighted by atomic mass is 10.2. The maximum absolute atomic E-state index is 12.1. The number of anilines is 2. The van der Waals surface area contributed by atoms with Crippen molar-refractivity contribution in [3.05, 3.63) is 41.1 Å². The number of amides is 2. The van der Waals surface area contributed by atoms with E-state index in [9.17, 15) is 9.59 Å². The molecule has 2 amide bonds. The monoisotopic (exact) mass is 350 g/mol. The minimum atomic E-state index is -0.425. The van der Waals surface area contributed by atoms with E-state index in [1.165, 1.54) is 6.92 Å². The first-order chi connectivity index (χ1) is 9.95. The van der Waals surface area contributed by atoms with Gasteiger partial charge in [-0.3, -0.25) is 14.3 Å². The first-order valence-electron chi connectivity index (χ1n) is 6.34. The van der Waals surface area contributed by atoms with Crippen molar-refractivity contribution < 1.29 is 9.59 Å². The summed E-state index contributed by atoms with van der Waals surface area (Å²) in [6.45, 7) is 3.21. The van der Waals surface area contributed by atoms with Crippen LogP contribution in [0.5, 0.6) is 0 Å². The van der Waals surface area contributed by atoms with Crippen LogP contribution in [0.25, 0.3) is 0 Å². The summed E-state index contributed by atoms with van der Waals surface area (Å²) in [5.41, 5.74) is 1.34. The van der Waals surface area contributed by atoms with Crippen molar-refractivity contribution in [2.75, 3.05) is 10.6 Å². The molecule has 0 radical (unpaired) electrons. The smallest absolute Gasteiger partial charge is 0.248 e. The van der Waals surface area contributed by atoms with Crippen LogP contribution in [0.3, 0.4) is 0 Å². The lowest BCUT2D eigenvalue weighted by Gasteiger charge is -2.13. The van der Waals surface area contributed by atoms with Gasteiger partial charge in [0.15, 0.2) is 0 Å². The Kier molecular flexibility index (Phi) is 4.74. The number of halogens is 1. The highest BCUT2D eigenvalue weighted by Crippen LogP contribution is 2.16. The molecular formula is C14H15BrN4O2. The summed E-state index contributed by atoms with van der Waals surface area (Å²) < 4.78 is 2.40. The molecule has 0 aliphatic carbocycles. The molecule has 110 valence electrons. The van der Waals surface area contributed by atoms with E-state index in [1.54, 1.807) is 48.3 Å². The topological polar surface area (TPSA) is 76.0 Å². The van der Waals surface area contributed by atoms with Gasteiger partial charge >= 0.3 is 0 Å². The molecule has 2 aromatic rings. The van der Waals surface area contributed by atoms with Crippen molar-refractivity contribution in [3.63, 3.8) is 0 Å². The van der Waals surface area contributed by atoms with Crippen molar-refractivity contribution in [1.82, 2.24) is 9.78 Å². The van der Waals surface area contributed by atoms with Gasteiger partial charge in [-0.05, 0) is 47.1 Å². The van der Waals surface area contributed by atoms with Crippen molar-refractivity contribution >= 4 is 39.1 Å². The predicted molar refractivity (Wildman–Crippen MR) is 84.0 cm³/mol. The summed E-state index contributed by atoms with van der Waals surface area (Å²) in [4.78, 5) is 23.1. The van der Waals surface area contributed by atoms with Gasteiger partial charge in [-0.1, -0.05) is 0 Å². The van der Waals surface area contributed by atoms with Crippen molar-refractivity contribution in [1.29, 1.82) is 0 Å². The molecule has 0 aliphatic heterocycles. The molecule has 1 aromatic carbocycles. The molecule has 2 N–H and O–H groups in total. The average Bonchev–Trinajstić information content (AvgIpc) is 2.86. The molecule has 1 atom stereocenters. The van der Waals surface area contributed by atoms with Gasteiger partial charge in [0.2, 0.25) is 11.8 Å². The number of aromatic nitrogens is 2. The molecule has 1 heterocycles. The average molecular weight is 351 g/mol. The molecule has 0 saturated carbocycles. The zero-order valence-electron chi connectivity index (χ0n) is 11.6. The number of nitrogens with one attached hydrogen (secondary N) is 2. The van der Waals surface area contributed by atoms with E-state index in [2.05, 4.69) is 31.7 Å². The number of hydrogen-bond acceptors (Lipinski definition) is 3. The number of carbonyl (C=O) groups excluding carboxylic acids is 2. The molecule has 0 spiro atoms. The molecule has 1 unspecified atom stereocenters. The van der Waals surface area contributed by atoms with E-state index in [0.717, 1.165) is 4.47 Å². The number of benzene rings is 1. The third-order valence-electron chi connectivity index (χ3n) is 2.82. The van der Waals surface area contributed by atoms with Crippen LogP contribution < -0.4 is 10.6 Å². The molecule has 0 saturated heterocycles. The summed E-state index contributed by atoms with van der Waals surface area (Å²) in [6, 6.07) is 6.49. The molecule has 6 nitrogen and oxygen atoms in total. The summed E-state index contributed by atoms with van der Waals surface area (Å²) in [7, 11) is 0. The maximum Gasteiger partial charge on any atom is 0.248 e. The van der Waals surface area contributed by atoms with Crippen LogP contribution in [0.15, 0.2) is 41.1 Å². The zero-order valence-corrected chi connectivity index (χ0v) is 13.2. The molecule has 0 bridgehead atoms. The molecule has 2 rings (SSSR count). The van der Waals surface area contributed by atoms with Crippen LogP contribution in [0, 0.1) is 0 Å². The molecule has 0 fully saturated rings. The third-order valence-corrected chi connectivity index (χ3v) is 3.23. The van der Waals surface area contributed by atoms with E-state index in [4.69, 9.17) is 0 Å². The van der Waals surface area contributed by atoms with E-state index in [1.807, 2.05) is 0 Å². The summed E-state index contributed by atoms with van der Waals surface area (Å²) in [5, 5.41) is 9.55. The molecule has 21 heavy (non-hydrogen) atoms. The van der Waals surface area contributed by atoms with Gasteiger partial charge in [-0.2, -0.15) is 5.10 Å². The molecule has 7 heteroatoms. The number of hydrogen-bond donors (Lipinski definition) is 2. The largest absolute Gasteiger partial charge is 0.326 e. The van der Waals surface area contributed by atoms with E-state index < -0.39 is 6.04 Å². The van der Waals surface area contributed by atoms with Gasteiger partial charge in [0.25, 0.3) is 0 Å². The van der Waals surface area contributed by atoms with Crippen molar-refractivity contribution in [2.24, 2.45) is 0 Å². The molecule has 1 aromatic heterocycles. The Labute approximate surface area is 130 Å². The lowest BCUT2D eigenvalue weighted by Crippen LogP contribution is -2.23. The van der Waals surface area contributed by atoms with Crippen LogP contribution in [0.1, 0.15) is 19.9 Å². The minimum absolute atomic E-state index is 0.135. The standard InChI is InChI=1S/C14H15BrN4O2/c1-9(19-8-11(15)7-16-19)14(21)18-13-5-3-12(4-6-13)17-10(2)20/h3-9H,1-2H3,(H,17,20)(H,18,21). The second-order valence-corrected chi connectivity index (χ2v) is 5.48. The molecule has 0 aliphatic rings. The summed E-state index contributed by atoms with van der Waals surface area (Å²) >= 11 is 3.29. The van der Waals surface area contributed by atoms with E-state index in [0.29, 0.717) is 11.4 Å². The fourth-order valence-corrected chi connectivity index (χ4v) is 2.03. The van der Waals surface area contributed by atoms with Gasteiger partial charge in [-0.15, -0.1) is 0 Å². The van der Waals surface area contributed by atoms with Gasteiger partial charge in [0, 0.05) is 24.5 Å². The Bertz CT molecular complexity index is 651. The highest BCUT2D eigenvalue weighted by atomic mass is 79.9. The van der Waals surface area contributed by atoms with Crippen LogP contribution in [0.4, 0.5) is 11.4 Å². The fourth-order valence-electron chi connectivity index (χ4n) is 1.73. The van der Waals surface area contributed by atoms with Gasteiger partial charge in [0.05, 0.1) is 10.7 Å². The zero-order chi connectivity index (χ0) is 15.4. The number of nitrogens with zero attached hydrogens (tertiary/aromatic N) is 2. The number of carbonyl (C=O) groups is 2. The summed E-state index contributed by atoms with van der Waals surface area (Å²) in [5.74, 6) is -0.303. The van der Waals surface area contributed by atoms with Crippen molar-refractivity contribution in [2.45, 2.75) is 19.9 Å². The second-order valence-electron chi connectivity index (χ2n) is 4.56. The Hall–Kier alpha value is -2.15. The Morgan fingerprint density at radius 1 is 1.19 bits per heavy atom. The van der Waals surface area contributed by atoms with Crippen molar-refractivity contribution in [3.8, 4) is 0 Å². The first-order valence-corrected chi connectivity index (χ1v) is 7.13. The Morgan fingerprint density at radius 2 is 1.76 bits per heavy atom. The number of rotatable bonds is 4. The lowest BCUT2D eigenvalue weighted by molar-refractivity contribution is -0.119. The maximum atomic E-state index is 12.1. The van der Waals surface area contributed by atoms with Crippen LogP contribution >= 0.6 is 15.9 Å². The van der Waals surface area contributed by atoms with Gasteiger partial charge < -0.3 is 10.6 Å². The Balaban J connectivity index is 2.00. The van der Waals surface area contributed by atoms with Crippen LogP contribution in [-0.4, -0.2) is 21.6 Å². The normalized spacial score (nSPS) is 11.8. The SMILES string of the molecule is CC(=O)Nc1ccc(NC(=O)C(C)n2cc(Br)cn2)cc1. The summed E-state index contributed by atoms with van der Waals surface area (Å²) in [6.07, 6.45) is 3.37. The Morgan fingerprint density at radius 3 is 2.24 bits per heavy atom. The molecular weight excluding hydrogens is 336 g/mol. The first kappa shape index (κ1) is 15.2. The van der Waals surface area contributed by atoms with Crippen LogP contribution in [0.2, 0.25) is 0 Å². The highest BCUT2D eigenvalue weighted by Gasteiger charge is 2.15. The fraction of sp³-hybridized carbons (Fsp3) is 0.214.